The van der Waals surface area contributed by atoms with E-state index in [9.17, 15) is 9.59 Å². The fourth-order valence-electron chi connectivity index (χ4n) is 2.87. The summed E-state index contributed by atoms with van der Waals surface area (Å²) >= 11 is 0. The van der Waals surface area contributed by atoms with Crippen LogP contribution in [0, 0.1) is 0 Å². The Morgan fingerprint density at radius 3 is 2.17 bits per heavy atom. The smallest absolute Gasteiger partial charge is 0.253 e. The molecule has 0 aromatic heterocycles. The molecule has 2 aromatic rings. The zero-order chi connectivity index (χ0) is 21.4. The van der Waals surface area contributed by atoms with Crippen LogP contribution in [0.1, 0.15) is 22.8 Å². The molecule has 0 radical (unpaired) electrons. The maximum atomic E-state index is 12.4. The summed E-state index contributed by atoms with van der Waals surface area (Å²) < 4.78 is 10.6. The van der Waals surface area contributed by atoms with E-state index in [2.05, 4.69) is 5.32 Å². The minimum Gasteiger partial charge on any atom is -0.493 e. The lowest BCUT2D eigenvalue weighted by atomic mass is 10.1. The number of hydrogen-bond acceptors (Lipinski definition) is 5. The SMILES string of the molecule is CCN(CC(=O)Nc1ccc(C(=O)N(C)C)cc1)Cc1ccc(OC)c(OC)c1. The van der Waals surface area contributed by atoms with Crippen molar-refractivity contribution in [1.29, 1.82) is 0 Å². The standard InChI is InChI=1S/C22H29N3O4/c1-6-25(14-16-7-12-19(28-4)20(13-16)29-5)15-21(26)23-18-10-8-17(9-11-18)22(27)24(2)3/h7-13H,6,14-15H2,1-5H3,(H,23,26). The lowest BCUT2D eigenvalue weighted by molar-refractivity contribution is -0.117. The maximum Gasteiger partial charge on any atom is 0.253 e. The molecule has 0 saturated carbocycles. The molecule has 2 aromatic carbocycles. The van der Waals surface area contributed by atoms with Crippen LogP contribution in [-0.4, -0.2) is 63.0 Å². The van der Waals surface area contributed by atoms with Crippen molar-refractivity contribution in [2.45, 2.75) is 13.5 Å². The van der Waals surface area contributed by atoms with Gasteiger partial charge in [-0.2, -0.15) is 0 Å². The minimum absolute atomic E-state index is 0.0741. The van der Waals surface area contributed by atoms with Gasteiger partial charge in [0.15, 0.2) is 11.5 Å². The first kappa shape index (κ1) is 22.2. The highest BCUT2D eigenvalue weighted by Gasteiger charge is 2.13. The van der Waals surface area contributed by atoms with Gasteiger partial charge in [-0.05, 0) is 48.5 Å². The zero-order valence-electron chi connectivity index (χ0n) is 17.7. The third-order valence-corrected chi connectivity index (χ3v) is 4.49. The van der Waals surface area contributed by atoms with Gasteiger partial charge >= 0.3 is 0 Å². The van der Waals surface area contributed by atoms with Crippen molar-refractivity contribution in [3.05, 3.63) is 53.6 Å². The topological polar surface area (TPSA) is 71.1 Å². The lowest BCUT2D eigenvalue weighted by Gasteiger charge is -2.20. The molecule has 0 saturated heterocycles. The normalized spacial score (nSPS) is 10.6. The van der Waals surface area contributed by atoms with Gasteiger partial charge in [-0.3, -0.25) is 14.5 Å². The van der Waals surface area contributed by atoms with E-state index in [1.807, 2.05) is 30.0 Å². The molecule has 0 aliphatic carbocycles. The number of nitrogens with one attached hydrogen (secondary N) is 1. The Hall–Kier alpha value is -3.06. The van der Waals surface area contributed by atoms with Crippen molar-refractivity contribution in [3.63, 3.8) is 0 Å². The third kappa shape index (κ3) is 6.22. The number of likely N-dealkylation sites (N-methyl/N-ethyl adjacent to an activating group) is 1. The Kier molecular flexibility index (Phi) is 8.03. The Balaban J connectivity index is 1.97. The summed E-state index contributed by atoms with van der Waals surface area (Å²) in [7, 11) is 6.61. The second kappa shape index (κ2) is 10.5. The first-order valence-corrected chi connectivity index (χ1v) is 9.42. The minimum atomic E-state index is -0.112. The summed E-state index contributed by atoms with van der Waals surface area (Å²) in [6.07, 6.45) is 0. The zero-order valence-corrected chi connectivity index (χ0v) is 17.7. The number of nitrogens with zero attached hydrogens (tertiary/aromatic N) is 2. The van der Waals surface area contributed by atoms with Crippen LogP contribution < -0.4 is 14.8 Å². The predicted molar refractivity (Wildman–Crippen MR) is 114 cm³/mol. The molecule has 0 spiro atoms. The van der Waals surface area contributed by atoms with Crippen LogP contribution in [-0.2, 0) is 11.3 Å². The number of carbonyl (C=O) groups excluding carboxylic acids is 2. The molecule has 2 amide bonds. The number of ether oxygens (including phenoxy) is 2. The largest absolute Gasteiger partial charge is 0.493 e. The van der Waals surface area contributed by atoms with E-state index in [0.717, 1.165) is 12.1 Å². The second-order valence-electron chi connectivity index (χ2n) is 6.82. The summed E-state index contributed by atoms with van der Waals surface area (Å²) in [5.74, 6) is 1.15. The van der Waals surface area contributed by atoms with Gasteiger partial charge in [-0.25, -0.2) is 0 Å². The molecule has 0 aliphatic heterocycles. The first-order valence-electron chi connectivity index (χ1n) is 9.42. The molecule has 29 heavy (non-hydrogen) atoms. The van der Waals surface area contributed by atoms with E-state index in [1.54, 1.807) is 52.6 Å². The summed E-state index contributed by atoms with van der Waals surface area (Å²) in [4.78, 5) is 27.9. The van der Waals surface area contributed by atoms with Crippen molar-refractivity contribution < 1.29 is 19.1 Å². The number of methoxy groups -OCH3 is 2. The van der Waals surface area contributed by atoms with Crippen LogP contribution in [0.5, 0.6) is 11.5 Å². The summed E-state index contributed by atoms with van der Waals surface area (Å²) in [5, 5.41) is 2.88. The monoisotopic (exact) mass is 399 g/mol. The molecule has 0 heterocycles. The third-order valence-electron chi connectivity index (χ3n) is 4.49. The van der Waals surface area contributed by atoms with Gasteiger partial charge in [0.1, 0.15) is 0 Å². The molecule has 7 heteroatoms. The second-order valence-corrected chi connectivity index (χ2v) is 6.82. The predicted octanol–water partition coefficient (Wildman–Crippen LogP) is 2.87. The highest BCUT2D eigenvalue weighted by Crippen LogP contribution is 2.28. The number of rotatable bonds is 9. The van der Waals surface area contributed by atoms with Crippen LogP contribution in [0.15, 0.2) is 42.5 Å². The molecule has 2 rings (SSSR count). The molecule has 0 unspecified atom stereocenters. The molecular formula is C22H29N3O4. The number of hydrogen-bond donors (Lipinski definition) is 1. The van der Waals surface area contributed by atoms with Gasteiger partial charge < -0.3 is 19.7 Å². The van der Waals surface area contributed by atoms with Crippen molar-refractivity contribution in [2.75, 3.05) is 46.7 Å². The fourth-order valence-corrected chi connectivity index (χ4v) is 2.87. The number of anilines is 1. The van der Waals surface area contributed by atoms with Crippen molar-refractivity contribution in [1.82, 2.24) is 9.80 Å². The molecule has 1 N–H and O–H groups in total. The van der Waals surface area contributed by atoms with Gasteiger partial charge in [0.05, 0.1) is 20.8 Å². The highest BCUT2D eigenvalue weighted by atomic mass is 16.5. The van der Waals surface area contributed by atoms with Gasteiger partial charge in [0, 0.05) is 31.9 Å². The first-order chi connectivity index (χ1) is 13.9. The van der Waals surface area contributed by atoms with E-state index in [-0.39, 0.29) is 18.4 Å². The van der Waals surface area contributed by atoms with Gasteiger partial charge in [-0.1, -0.05) is 13.0 Å². The number of carbonyl (C=O) groups is 2. The summed E-state index contributed by atoms with van der Waals surface area (Å²) in [6.45, 7) is 3.59. The molecule has 0 bridgehead atoms. The van der Waals surface area contributed by atoms with E-state index in [0.29, 0.717) is 29.3 Å². The van der Waals surface area contributed by atoms with E-state index in [1.165, 1.54) is 4.90 Å². The highest BCUT2D eigenvalue weighted by molar-refractivity contribution is 5.96. The Labute approximate surface area is 172 Å². The van der Waals surface area contributed by atoms with E-state index < -0.39 is 0 Å². The molecule has 156 valence electrons. The lowest BCUT2D eigenvalue weighted by Crippen LogP contribution is -2.32. The van der Waals surface area contributed by atoms with Gasteiger partial charge in [0.2, 0.25) is 5.91 Å². The number of benzene rings is 2. The van der Waals surface area contributed by atoms with Crippen molar-refractivity contribution in [3.8, 4) is 11.5 Å². The maximum absolute atomic E-state index is 12.4. The number of amides is 2. The average molecular weight is 399 g/mol. The van der Waals surface area contributed by atoms with Crippen LogP contribution in [0.25, 0.3) is 0 Å². The molecular weight excluding hydrogens is 370 g/mol. The average Bonchev–Trinajstić information content (AvgIpc) is 2.72. The van der Waals surface area contributed by atoms with Crippen LogP contribution in [0.4, 0.5) is 5.69 Å². The molecule has 0 aliphatic rings. The van der Waals surface area contributed by atoms with Crippen molar-refractivity contribution >= 4 is 17.5 Å². The summed E-state index contributed by atoms with van der Waals surface area (Å²) in [5.41, 5.74) is 2.27. The Morgan fingerprint density at radius 2 is 1.62 bits per heavy atom. The van der Waals surface area contributed by atoms with E-state index >= 15 is 0 Å². The van der Waals surface area contributed by atoms with E-state index in [4.69, 9.17) is 9.47 Å². The fraction of sp³-hybridized carbons (Fsp3) is 0.364. The molecule has 0 atom stereocenters. The quantitative estimate of drug-likeness (QED) is 0.702. The van der Waals surface area contributed by atoms with Gasteiger partial charge in [-0.15, -0.1) is 0 Å². The summed E-state index contributed by atoms with van der Waals surface area (Å²) in [6, 6.07) is 12.6. The molecule has 7 nitrogen and oxygen atoms in total. The van der Waals surface area contributed by atoms with Crippen LogP contribution in [0.2, 0.25) is 0 Å². The van der Waals surface area contributed by atoms with Gasteiger partial charge in [0.25, 0.3) is 5.91 Å². The molecule has 0 fully saturated rings. The van der Waals surface area contributed by atoms with Crippen LogP contribution >= 0.6 is 0 Å². The van der Waals surface area contributed by atoms with Crippen LogP contribution in [0.3, 0.4) is 0 Å². The van der Waals surface area contributed by atoms with Crippen molar-refractivity contribution in [2.24, 2.45) is 0 Å². The Bertz CT molecular complexity index is 834. The Morgan fingerprint density at radius 1 is 0.966 bits per heavy atom.